The molecular weight excluding hydrogens is 198 g/mol. The normalized spacial score (nSPS) is 13.1. The number of alkyl carbamates (subject to hydrolysis) is 1. The van der Waals surface area contributed by atoms with Gasteiger partial charge in [-0.3, -0.25) is 0 Å². The Labute approximate surface area is 90.1 Å². The van der Waals surface area contributed by atoms with E-state index in [1.807, 2.05) is 13.8 Å². The van der Waals surface area contributed by atoms with E-state index in [-0.39, 0.29) is 12.7 Å². The molecule has 5 nitrogen and oxygen atoms in total. The summed E-state index contributed by atoms with van der Waals surface area (Å²) in [6, 6.07) is 0. The number of hydrogen-bond donors (Lipinski definition) is 2. The maximum absolute atomic E-state index is 10.8. The second-order valence-electron chi connectivity index (χ2n) is 3.19. The maximum Gasteiger partial charge on any atom is 0.407 e. The van der Waals surface area contributed by atoms with Crippen molar-refractivity contribution in [2.75, 3.05) is 20.3 Å². The lowest BCUT2D eigenvalue weighted by Crippen LogP contribution is -2.27. The predicted octanol–water partition coefficient (Wildman–Crippen LogP) is 0.684. The zero-order chi connectivity index (χ0) is 11.7. The number of aliphatic hydroxyl groups is 1. The molecule has 0 aliphatic heterocycles. The third-order valence-corrected chi connectivity index (χ3v) is 1.52. The topological polar surface area (TPSA) is 67.8 Å². The third kappa shape index (κ3) is 7.96. The van der Waals surface area contributed by atoms with Gasteiger partial charge in [-0.2, -0.15) is 0 Å². The molecule has 0 saturated heterocycles. The molecule has 5 heteroatoms. The molecule has 1 atom stereocenters. The highest BCUT2D eigenvalue weighted by Gasteiger charge is 2.07. The molecule has 0 spiro atoms. The van der Waals surface area contributed by atoms with Crippen molar-refractivity contribution in [3.63, 3.8) is 0 Å². The van der Waals surface area contributed by atoms with Crippen LogP contribution in [0.2, 0.25) is 0 Å². The highest BCUT2D eigenvalue weighted by atomic mass is 16.6. The van der Waals surface area contributed by atoms with Crippen LogP contribution in [-0.4, -0.2) is 43.7 Å². The molecular formula is C10H19NO4. The quantitative estimate of drug-likeness (QED) is 0.642. The molecule has 15 heavy (non-hydrogen) atoms. The van der Waals surface area contributed by atoms with Crippen LogP contribution in [0.25, 0.3) is 0 Å². The number of aliphatic hydroxyl groups excluding tert-OH is 1. The summed E-state index contributed by atoms with van der Waals surface area (Å²) in [6.07, 6.45) is 2.27. The van der Waals surface area contributed by atoms with Gasteiger partial charge in [0.2, 0.25) is 0 Å². The van der Waals surface area contributed by atoms with Crippen LogP contribution in [-0.2, 0) is 9.47 Å². The van der Waals surface area contributed by atoms with Crippen molar-refractivity contribution in [1.29, 1.82) is 0 Å². The van der Waals surface area contributed by atoms with E-state index in [0.29, 0.717) is 6.61 Å². The summed E-state index contributed by atoms with van der Waals surface area (Å²) in [5, 5.41) is 11.2. The second-order valence-corrected chi connectivity index (χ2v) is 3.19. The van der Waals surface area contributed by atoms with Crippen LogP contribution in [0.5, 0.6) is 0 Å². The smallest absolute Gasteiger partial charge is 0.407 e. The SMILES string of the molecule is CNC(=O)OC(/C=C/COC(C)C)CO. The van der Waals surface area contributed by atoms with Gasteiger partial charge in [0.25, 0.3) is 0 Å². The molecule has 0 fully saturated rings. The number of carbonyl (C=O) groups is 1. The molecule has 0 aromatic heterocycles. The van der Waals surface area contributed by atoms with E-state index in [1.54, 1.807) is 12.2 Å². The molecule has 0 aromatic carbocycles. The fourth-order valence-electron chi connectivity index (χ4n) is 0.789. The van der Waals surface area contributed by atoms with Gasteiger partial charge in [0.05, 0.1) is 19.3 Å². The molecule has 2 N–H and O–H groups in total. The van der Waals surface area contributed by atoms with Crippen LogP contribution >= 0.6 is 0 Å². The zero-order valence-electron chi connectivity index (χ0n) is 9.40. The van der Waals surface area contributed by atoms with Crippen LogP contribution in [0.1, 0.15) is 13.8 Å². The van der Waals surface area contributed by atoms with Gasteiger partial charge in [-0.05, 0) is 19.9 Å². The van der Waals surface area contributed by atoms with Crippen molar-refractivity contribution < 1.29 is 19.4 Å². The number of amides is 1. The van der Waals surface area contributed by atoms with E-state index in [1.165, 1.54) is 7.05 Å². The van der Waals surface area contributed by atoms with Crippen molar-refractivity contribution >= 4 is 6.09 Å². The lowest BCUT2D eigenvalue weighted by molar-refractivity contribution is 0.0813. The fraction of sp³-hybridized carbons (Fsp3) is 0.700. The number of nitrogens with one attached hydrogen (secondary N) is 1. The Morgan fingerprint density at radius 1 is 1.53 bits per heavy atom. The van der Waals surface area contributed by atoms with Crippen molar-refractivity contribution in [3.05, 3.63) is 12.2 Å². The van der Waals surface area contributed by atoms with Gasteiger partial charge in [0, 0.05) is 7.05 Å². The third-order valence-electron chi connectivity index (χ3n) is 1.52. The molecule has 0 saturated carbocycles. The predicted molar refractivity (Wildman–Crippen MR) is 56.6 cm³/mol. The van der Waals surface area contributed by atoms with Gasteiger partial charge in [0.15, 0.2) is 0 Å². The Morgan fingerprint density at radius 3 is 2.67 bits per heavy atom. The lowest BCUT2D eigenvalue weighted by Gasteiger charge is -2.11. The Morgan fingerprint density at radius 2 is 2.20 bits per heavy atom. The van der Waals surface area contributed by atoms with Gasteiger partial charge in [0.1, 0.15) is 6.10 Å². The lowest BCUT2D eigenvalue weighted by atomic mass is 10.3. The monoisotopic (exact) mass is 217 g/mol. The van der Waals surface area contributed by atoms with Crippen molar-refractivity contribution in [2.45, 2.75) is 26.1 Å². The maximum atomic E-state index is 10.8. The van der Waals surface area contributed by atoms with Gasteiger partial charge >= 0.3 is 6.09 Å². The first-order valence-corrected chi connectivity index (χ1v) is 4.87. The van der Waals surface area contributed by atoms with E-state index in [9.17, 15) is 4.79 Å². The molecule has 0 radical (unpaired) electrons. The van der Waals surface area contributed by atoms with E-state index in [0.717, 1.165) is 0 Å². The van der Waals surface area contributed by atoms with Gasteiger partial charge in [-0.15, -0.1) is 0 Å². The Hall–Kier alpha value is -1.07. The highest BCUT2D eigenvalue weighted by molar-refractivity contribution is 5.67. The minimum absolute atomic E-state index is 0.155. The summed E-state index contributed by atoms with van der Waals surface area (Å²) in [5.41, 5.74) is 0. The molecule has 88 valence electrons. The summed E-state index contributed by atoms with van der Waals surface area (Å²) >= 11 is 0. The molecule has 0 rings (SSSR count). The van der Waals surface area contributed by atoms with Crippen LogP contribution in [0, 0.1) is 0 Å². The number of carbonyl (C=O) groups excluding carboxylic acids is 1. The first kappa shape index (κ1) is 13.9. The average Bonchev–Trinajstić information content (AvgIpc) is 2.21. The Balaban J connectivity index is 3.82. The van der Waals surface area contributed by atoms with Gasteiger partial charge < -0.3 is 19.9 Å². The van der Waals surface area contributed by atoms with Crippen LogP contribution in [0.15, 0.2) is 12.2 Å². The fourth-order valence-corrected chi connectivity index (χ4v) is 0.789. The standard InChI is InChI=1S/C10H19NO4/c1-8(2)14-6-4-5-9(7-12)15-10(13)11-3/h4-5,8-9,12H,6-7H2,1-3H3,(H,11,13)/b5-4+. The zero-order valence-corrected chi connectivity index (χ0v) is 9.40. The molecule has 1 amide bonds. The number of ether oxygens (including phenoxy) is 2. The van der Waals surface area contributed by atoms with Crippen molar-refractivity contribution in [1.82, 2.24) is 5.32 Å². The summed E-state index contributed by atoms with van der Waals surface area (Å²) in [6.45, 7) is 4.05. The van der Waals surface area contributed by atoms with Crippen LogP contribution < -0.4 is 5.32 Å². The molecule has 0 aromatic rings. The van der Waals surface area contributed by atoms with E-state index < -0.39 is 12.2 Å². The minimum Gasteiger partial charge on any atom is -0.440 e. The summed E-state index contributed by atoms with van der Waals surface area (Å²) in [5.74, 6) is 0. The average molecular weight is 217 g/mol. The first-order valence-electron chi connectivity index (χ1n) is 4.87. The summed E-state index contributed by atoms with van der Waals surface area (Å²) in [4.78, 5) is 10.8. The second kappa shape index (κ2) is 8.26. The van der Waals surface area contributed by atoms with Crippen LogP contribution in [0.4, 0.5) is 4.79 Å². The van der Waals surface area contributed by atoms with Gasteiger partial charge in [-0.25, -0.2) is 4.79 Å². The molecule has 0 bridgehead atoms. The Kier molecular flexibility index (Phi) is 7.67. The Bertz CT molecular complexity index is 204. The number of rotatable bonds is 6. The largest absolute Gasteiger partial charge is 0.440 e. The minimum atomic E-state index is -0.624. The molecule has 0 aliphatic rings. The first-order chi connectivity index (χ1) is 7.10. The molecule has 0 heterocycles. The van der Waals surface area contributed by atoms with E-state index >= 15 is 0 Å². The van der Waals surface area contributed by atoms with Crippen molar-refractivity contribution in [2.24, 2.45) is 0 Å². The highest BCUT2D eigenvalue weighted by Crippen LogP contribution is 1.95. The van der Waals surface area contributed by atoms with E-state index in [4.69, 9.17) is 14.6 Å². The molecule has 0 aliphatic carbocycles. The molecule has 1 unspecified atom stereocenters. The van der Waals surface area contributed by atoms with Crippen molar-refractivity contribution in [3.8, 4) is 0 Å². The van der Waals surface area contributed by atoms with Gasteiger partial charge in [-0.1, -0.05) is 6.08 Å². The summed E-state index contributed by atoms with van der Waals surface area (Å²) in [7, 11) is 1.46. The van der Waals surface area contributed by atoms with E-state index in [2.05, 4.69) is 5.32 Å². The van der Waals surface area contributed by atoms with Crippen LogP contribution in [0.3, 0.4) is 0 Å². The number of hydrogen-bond acceptors (Lipinski definition) is 4. The summed E-state index contributed by atoms with van der Waals surface area (Å²) < 4.78 is 10.1.